The minimum Gasteiger partial charge on any atom is -0.496 e. The van der Waals surface area contributed by atoms with Crippen LogP contribution in [0.1, 0.15) is 29.2 Å². The smallest absolute Gasteiger partial charge is 0.126 e. The summed E-state index contributed by atoms with van der Waals surface area (Å²) in [6.45, 7) is 7.98. The monoisotopic (exact) mass is 219 g/mol. The molecule has 0 aliphatic heterocycles. The van der Waals surface area contributed by atoms with Gasteiger partial charge in [0, 0.05) is 11.6 Å². The topological polar surface area (TPSA) is 21.3 Å². The van der Waals surface area contributed by atoms with E-state index in [4.69, 9.17) is 4.74 Å². The van der Waals surface area contributed by atoms with Crippen molar-refractivity contribution in [1.29, 1.82) is 0 Å². The van der Waals surface area contributed by atoms with Crippen LogP contribution in [-0.4, -0.2) is 14.2 Å². The second-order valence-electron chi connectivity index (χ2n) is 4.00. The van der Waals surface area contributed by atoms with Crippen molar-refractivity contribution >= 4 is 0 Å². The second kappa shape index (κ2) is 5.71. The molecule has 0 radical (unpaired) electrons. The first-order chi connectivity index (χ1) is 7.65. The van der Waals surface area contributed by atoms with Gasteiger partial charge in [-0.15, -0.1) is 6.58 Å². The minimum absolute atomic E-state index is 0.270. The Bertz CT molecular complexity index is 371. The molecule has 0 saturated carbocycles. The SMILES string of the molecule is C=CCC(NC)c1ccc(C)c(C)c1OC. The fourth-order valence-corrected chi connectivity index (χ4v) is 1.92. The van der Waals surface area contributed by atoms with E-state index in [1.807, 2.05) is 13.1 Å². The second-order valence-corrected chi connectivity index (χ2v) is 4.00. The number of nitrogens with one attached hydrogen (secondary N) is 1. The van der Waals surface area contributed by atoms with Gasteiger partial charge in [0.1, 0.15) is 5.75 Å². The molecule has 0 fully saturated rings. The van der Waals surface area contributed by atoms with E-state index in [9.17, 15) is 0 Å². The van der Waals surface area contributed by atoms with Crippen molar-refractivity contribution in [2.45, 2.75) is 26.3 Å². The molecule has 1 aromatic carbocycles. The van der Waals surface area contributed by atoms with Gasteiger partial charge in [-0.2, -0.15) is 0 Å². The van der Waals surface area contributed by atoms with Crippen LogP contribution in [0.4, 0.5) is 0 Å². The molecule has 1 atom stereocenters. The van der Waals surface area contributed by atoms with Gasteiger partial charge < -0.3 is 10.1 Å². The Morgan fingerprint density at radius 1 is 1.44 bits per heavy atom. The van der Waals surface area contributed by atoms with E-state index in [-0.39, 0.29) is 6.04 Å². The maximum atomic E-state index is 5.51. The first kappa shape index (κ1) is 12.8. The van der Waals surface area contributed by atoms with E-state index in [1.54, 1.807) is 7.11 Å². The van der Waals surface area contributed by atoms with Gasteiger partial charge in [0.05, 0.1) is 7.11 Å². The van der Waals surface area contributed by atoms with Crippen molar-refractivity contribution in [1.82, 2.24) is 5.32 Å². The number of aryl methyl sites for hydroxylation is 1. The summed E-state index contributed by atoms with van der Waals surface area (Å²) in [5.41, 5.74) is 3.67. The van der Waals surface area contributed by atoms with Gasteiger partial charge in [0.25, 0.3) is 0 Å². The standard InChI is InChI=1S/C14H21NO/c1-6-7-13(15-4)12-9-8-10(2)11(3)14(12)16-5/h6,8-9,13,15H,1,7H2,2-5H3. The Kier molecular flexibility index (Phi) is 4.56. The van der Waals surface area contributed by atoms with Crippen molar-refractivity contribution in [3.05, 3.63) is 41.5 Å². The summed E-state index contributed by atoms with van der Waals surface area (Å²) in [6, 6.07) is 4.54. The number of benzene rings is 1. The van der Waals surface area contributed by atoms with E-state index < -0.39 is 0 Å². The van der Waals surface area contributed by atoms with Crippen molar-refractivity contribution < 1.29 is 4.74 Å². The predicted molar refractivity (Wildman–Crippen MR) is 69.1 cm³/mol. The van der Waals surface area contributed by atoms with Gasteiger partial charge in [0.2, 0.25) is 0 Å². The summed E-state index contributed by atoms with van der Waals surface area (Å²) in [6.07, 6.45) is 2.82. The quantitative estimate of drug-likeness (QED) is 0.768. The molecular formula is C14H21NO. The largest absolute Gasteiger partial charge is 0.496 e. The predicted octanol–water partition coefficient (Wildman–Crippen LogP) is 3.15. The van der Waals surface area contributed by atoms with Crippen LogP contribution in [0.15, 0.2) is 24.8 Å². The highest BCUT2D eigenvalue weighted by molar-refractivity contribution is 5.46. The Labute approximate surface area is 98.3 Å². The van der Waals surface area contributed by atoms with Crippen LogP contribution in [0.25, 0.3) is 0 Å². The van der Waals surface area contributed by atoms with Crippen LogP contribution >= 0.6 is 0 Å². The van der Waals surface area contributed by atoms with Crippen LogP contribution < -0.4 is 10.1 Å². The number of rotatable bonds is 5. The lowest BCUT2D eigenvalue weighted by Crippen LogP contribution is -2.17. The highest BCUT2D eigenvalue weighted by Gasteiger charge is 2.15. The van der Waals surface area contributed by atoms with Gasteiger partial charge in [-0.3, -0.25) is 0 Å². The Hall–Kier alpha value is -1.28. The van der Waals surface area contributed by atoms with Gasteiger partial charge in [0.15, 0.2) is 0 Å². The zero-order valence-electron chi connectivity index (χ0n) is 10.6. The van der Waals surface area contributed by atoms with Crippen LogP contribution in [-0.2, 0) is 0 Å². The molecule has 0 amide bonds. The fourth-order valence-electron chi connectivity index (χ4n) is 1.92. The van der Waals surface area contributed by atoms with E-state index in [1.165, 1.54) is 16.7 Å². The average Bonchev–Trinajstić information content (AvgIpc) is 2.29. The Balaban J connectivity index is 3.21. The number of ether oxygens (including phenoxy) is 1. The van der Waals surface area contributed by atoms with E-state index in [0.717, 1.165) is 12.2 Å². The molecule has 0 aliphatic rings. The van der Waals surface area contributed by atoms with Crippen molar-refractivity contribution in [3.8, 4) is 5.75 Å². The third kappa shape index (κ3) is 2.45. The Morgan fingerprint density at radius 2 is 2.12 bits per heavy atom. The molecule has 16 heavy (non-hydrogen) atoms. The number of hydrogen-bond acceptors (Lipinski definition) is 2. The highest BCUT2D eigenvalue weighted by atomic mass is 16.5. The van der Waals surface area contributed by atoms with Gasteiger partial charge in [-0.25, -0.2) is 0 Å². The molecule has 0 aromatic heterocycles. The molecule has 1 aromatic rings. The van der Waals surface area contributed by atoms with Gasteiger partial charge in [-0.1, -0.05) is 18.2 Å². The average molecular weight is 219 g/mol. The van der Waals surface area contributed by atoms with Gasteiger partial charge >= 0.3 is 0 Å². The molecule has 0 bridgehead atoms. The van der Waals surface area contributed by atoms with Gasteiger partial charge in [-0.05, 0) is 38.4 Å². The number of hydrogen-bond donors (Lipinski definition) is 1. The molecule has 2 nitrogen and oxygen atoms in total. The van der Waals surface area contributed by atoms with E-state index in [2.05, 4.69) is 37.9 Å². The van der Waals surface area contributed by atoms with Crippen LogP contribution in [0.3, 0.4) is 0 Å². The zero-order valence-corrected chi connectivity index (χ0v) is 10.6. The molecule has 0 aliphatic carbocycles. The van der Waals surface area contributed by atoms with Crippen molar-refractivity contribution in [2.75, 3.05) is 14.2 Å². The molecule has 1 N–H and O–H groups in total. The maximum absolute atomic E-state index is 5.51. The third-order valence-corrected chi connectivity index (χ3v) is 3.04. The van der Waals surface area contributed by atoms with Crippen molar-refractivity contribution in [3.63, 3.8) is 0 Å². The first-order valence-electron chi connectivity index (χ1n) is 5.58. The molecule has 88 valence electrons. The fraction of sp³-hybridized carbons (Fsp3) is 0.429. The first-order valence-corrected chi connectivity index (χ1v) is 5.58. The maximum Gasteiger partial charge on any atom is 0.126 e. The summed E-state index contributed by atoms with van der Waals surface area (Å²) in [4.78, 5) is 0. The minimum atomic E-state index is 0.270. The molecule has 1 unspecified atom stereocenters. The van der Waals surface area contributed by atoms with Crippen LogP contribution in [0, 0.1) is 13.8 Å². The summed E-state index contributed by atoms with van der Waals surface area (Å²) < 4.78 is 5.51. The molecular weight excluding hydrogens is 198 g/mol. The Morgan fingerprint density at radius 3 is 2.62 bits per heavy atom. The van der Waals surface area contributed by atoms with Crippen molar-refractivity contribution in [2.24, 2.45) is 0 Å². The summed E-state index contributed by atoms with van der Waals surface area (Å²) in [5.74, 6) is 0.987. The summed E-state index contributed by atoms with van der Waals surface area (Å²) in [5, 5.41) is 3.29. The van der Waals surface area contributed by atoms with E-state index in [0.29, 0.717) is 0 Å². The highest BCUT2D eigenvalue weighted by Crippen LogP contribution is 2.32. The van der Waals surface area contributed by atoms with Crippen LogP contribution in [0.5, 0.6) is 5.75 Å². The lowest BCUT2D eigenvalue weighted by atomic mass is 9.97. The molecule has 0 heterocycles. The summed E-state index contributed by atoms with van der Waals surface area (Å²) >= 11 is 0. The molecule has 0 saturated heterocycles. The zero-order chi connectivity index (χ0) is 12.1. The summed E-state index contributed by atoms with van der Waals surface area (Å²) in [7, 11) is 3.69. The van der Waals surface area contributed by atoms with E-state index >= 15 is 0 Å². The number of methoxy groups -OCH3 is 1. The van der Waals surface area contributed by atoms with Crippen LogP contribution in [0.2, 0.25) is 0 Å². The molecule has 0 spiro atoms. The lowest BCUT2D eigenvalue weighted by Gasteiger charge is -2.20. The lowest BCUT2D eigenvalue weighted by molar-refractivity contribution is 0.398. The normalized spacial score (nSPS) is 12.2. The molecule has 2 heteroatoms. The third-order valence-electron chi connectivity index (χ3n) is 3.04. The molecule has 1 rings (SSSR count).